The van der Waals surface area contributed by atoms with Crippen molar-refractivity contribution in [2.24, 2.45) is 10.9 Å². The van der Waals surface area contributed by atoms with E-state index < -0.39 is 0 Å². The van der Waals surface area contributed by atoms with Crippen LogP contribution in [-0.4, -0.2) is 73.7 Å². The van der Waals surface area contributed by atoms with Gasteiger partial charge in [0.1, 0.15) is 0 Å². The molecular weight excluding hydrogens is 348 g/mol. The second-order valence-electron chi connectivity index (χ2n) is 7.82. The zero-order chi connectivity index (χ0) is 18.4. The van der Waals surface area contributed by atoms with Crippen LogP contribution in [0.4, 0.5) is 0 Å². The van der Waals surface area contributed by atoms with E-state index in [1.807, 2.05) is 18.8 Å². The van der Waals surface area contributed by atoms with Crippen LogP contribution in [0.3, 0.4) is 0 Å². The fourth-order valence-corrected chi connectivity index (χ4v) is 5.13. The van der Waals surface area contributed by atoms with E-state index in [1.54, 1.807) is 0 Å². The zero-order valence-electron chi connectivity index (χ0n) is 16.3. The van der Waals surface area contributed by atoms with Gasteiger partial charge in [-0.1, -0.05) is 12.8 Å². The van der Waals surface area contributed by atoms with Crippen LogP contribution in [0, 0.1) is 5.92 Å². The van der Waals surface area contributed by atoms with Crippen molar-refractivity contribution in [1.29, 1.82) is 0 Å². The number of likely N-dealkylation sites (tertiary alicyclic amines) is 1. The number of rotatable bonds is 5. The maximum absolute atomic E-state index is 12.6. The summed E-state index contributed by atoms with van der Waals surface area (Å²) in [6, 6.07) is 0.298. The number of nitrogens with one attached hydrogen (secondary N) is 2. The molecule has 1 aliphatic carbocycles. The third-order valence-electron chi connectivity index (χ3n) is 6.18. The van der Waals surface area contributed by atoms with Crippen LogP contribution in [0.15, 0.2) is 4.99 Å². The van der Waals surface area contributed by atoms with Gasteiger partial charge in [-0.25, -0.2) is 0 Å². The number of nitrogens with zero attached hydrogens (tertiary/aromatic N) is 2. The summed E-state index contributed by atoms with van der Waals surface area (Å²) in [4.78, 5) is 19.1. The quantitative estimate of drug-likeness (QED) is 0.561. The van der Waals surface area contributed by atoms with Crippen LogP contribution in [0.2, 0.25) is 0 Å². The maximum atomic E-state index is 12.6. The fraction of sp³-hybridized carbons (Fsp3) is 0.895. The number of aliphatic imine (C=N–C) groups is 1. The Balaban J connectivity index is 1.45. The molecule has 0 aromatic rings. The predicted octanol–water partition coefficient (Wildman–Crippen LogP) is 1.85. The van der Waals surface area contributed by atoms with Gasteiger partial charge in [0.2, 0.25) is 5.91 Å². The first-order valence-electron chi connectivity index (χ1n) is 10.0. The molecule has 1 atom stereocenters. The van der Waals surface area contributed by atoms with Gasteiger partial charge in [0.15, 0.2) is 5.96 Å². The molecule has 2 aliphatic heterocycles. The van der Waals surface area contributed by atoms with E-state index in [-0.39, 0.29) is 10.7 Å². The van der Waals surface area contributed by atoms with E-state index in [4.69, 9.17) is 4.74 Å². The molecule has 26 heavy (non-hydrogen) atoms. The molecular formula is C19H34N4O2S. The Bertz CT molecular complexity index is 502. The molecule has 2 N–H and O–H groups in total. The smallest absolute Gasteiger partial charge is 0.225 e. The third kappa shape index (κ3) is 4.85. The van der Waals surface area contributed by atoms with Crippen LogP contribution in [0.25, 0.3) is 0 Å². The number of ether oxygens (including phenoxy) is 1. The SMILES string of the molecule is CN=C(NCC1(SC)CCOCC1)NC1CCN(C(=O)C2CCCC2)C1. The second kappa shape index (κ2) is 9.31. The Morgan fingerprint density at radius 1 is 1.27 bits per heavy atom. The van der Waals surface area contributed by atoms with Crippen LogP contribution in [-0.2, 0) is 9.53 Å². The predicted molar refractivity (Wildman–Crippen MR) is 108 cm³/mol. The number of carbonyl (C=O) groups excluding carboxylic acids is 1. The lowest BCUT2D eigenvalue weighted by Gasteiger charge is -2.36. The van der Waals surface area contributed by atoms with Crippen molar-refractivity contribution in [2.75, 3.05) is 46.2 Å². The van der Waals surface area contributed by atoms with Gasteiger partial charge >= 0.3 is 0 Å². The van der Waals surface area contributed by atoms with Crippen molar-refractivity contribution in [3.05, 3.63) is 0 Å². The van der Waals surface area contributed by atoms with Gasteiger partial charge in [-0.05, 0) is 38.4 Å². The Hall–Kier alpha value is -0.950. The molecule has 0 spiro atoms. The first kappa shape index (κ1) is 19.8. The van der Waals surface area contributed by atoms with E-state index >= 15 is 0 Å². The van der Waals surface area contributed by atoms with Crippen LogP contribution in [0.5, 0.6) is 0 Å². The van der Waals surface area contributed by atoms with Crippen molar-refractivity contribution in [3.63, 3.8) is 0 Å². The van der Waals surface area contributed by atoms with Crippen LogP contribution in [0.1, 0.15) is 44.9 Å². The Kier molecular flexibility index (Phi) is 7.09. The summed E-state index contributed by atoms with van der Waals surface area (Å²) in [5, 5.41) is 7.04. The normalized spacial score (nSPS) is 26.9. The van der Waals surface area contributed by atoms with Gasteiger partial charge in [-0.15, -0.1) is 0 Å². The van der Waals surface area contributed by atoms with Crippen molar-refractivity contribution < 1.29 is 9.53 Å². The minimum Gasteiger partial charge on any atom is -0.381 e. The molecule has 2 heterocycles. The zero-order valence-corrected chi connectivity index (χ0v) is 17.1. The molecule has 6 nitrogen and oxygen atoms in total. The summed E-state index contributed by atoms with van der Waals surface area (Å²) in [5.41, 5.74) is 0. The van der Waals surface area contributed by atoms with Crippen molar-refractivity contribution in [2.45, 2.75) is 55.7 Å². The second-order valence-corrected chi connectivity index (χ2v) is 9.10. The lowest BCUT2D eigenvalue weighted by molar-refractivity contribution is -0.134. The van der Waals surface area contributed by atoms with Crippen LogP contribution >= 0.6 is 11.8 Å². The standard InChI is InChI=1S/C19H34N4O2S/c1-20-18(21-14-19(26-2)8-11-25-12-9-19)22-16-7-10-23(13-16)17(24)15-5-3-4-6-15/h15-16H,3-14H2,1-2H3,(H2,20,21,22). The molecule has 1 unspecified atom stereocenters. The summed E-state index contributed by atoms with van der Waals surface area (Å²) < 4.78 is 5.75. The fourth-order valence-electron chi connectivity index (χ4n) is 4.34. The highest BCUT2D eigenvalue weighted by Gasteiger charge is 2.34. The molecule has 0 aromatic heterocycles. The highest BCUT2D eigenvalue weighted by Crippen LogP contribution is 2.33. The average Bonchev–Trinajstić information content (AvgIpc) is 3.37. The summed E-state index contributed by atoms with van der Waals surface area (Å²) in [6.07, 6.45) is 9.92. The number of guanidine groups is 1. The van der Waals surface area contributed by atoms with E-state index in [0.29, 0.717) is 11.9 Å². The number of hydrogen-bond acceptors (Lipinski definition) is 4. The summed E-state index contributed by atoms with van der Waals surface area (Å²) in [7, 11) is 1.82. The van der Waals surface area contributed by atoms with Gasteiger partial charge < -0.3 is 20.3 Å². The number of thioether (sulfide) groups is 1. The molecule has 3 fully saturated rings. The third-order valence-corrected chi connectivity index (χ3v) is 7.60. The average molecular weight is 383 g/mol. The van der Waals surface area contributed by atoms with Gasteiger partial charge in [0, 0.05) is 56.6 Å². The molecule has 3 aliphatic rings. The summed E-state index contributed by atoms with van der Waals surface area (Å²) >= 11 is 1.93. The largest absolute Gasteiger partial charge is 0.381 e. The molecule has 3 rings (SSSR count). The molecule has 1 amide bonds. The summed E-state index contributed by atoms with van der Waals surface area (Å²) in [6.45, 7) is 4.26. The monoisotopic (exact) mass is 382 g/mol. The van der Waals surface area contributed by atoms with Crippen molar-refractivity contribution >= 4 is 23.6 Å². The summed E-state index contributed by atoms with van der Waals surface area (Å²) in [5.74, 6) is 1.50. The highest BCUT2D eigenvalue weighted by molar-refractivity contribution is 8.00. The van der Waals surface area contributed by atoms with Crippen molar-refractivity contribution in [1.82, 2.24) is 15.5 Å². The van der Waals surface area contributed by atoms with Crippen molar-refractivity contribution in [3.8, 4) is 0 Å². The number of amides is 1. The Labute approximate surface area is 161 Å². The van der Waals surface area contributed by atoms with E-state index in [9.17, 15) is 4.79 Å². The number of hydrogen-bond donors (Lipinski definition) is 2. The Morgan fingerprint density at radius 2 is 2.00 bits per heavy atom. The molecule has 7 heteroatoms. The lowest BCUT2D eigenvalue weighted by Crippen LogP contribution is -2.50. The highest BCUT2D eigenvalue weighted by atomic mass is 32.2. The van der Waals surface area contributed by atoms with Crippen LogP contribution < -0.4 is 10.6 Å². The van der Waals surface area contributed by atoms with Gasteiger partial charge in [0.25, 0.3) is 0 Å². The molecule has 1 saturated carbocycles. The van der Waals surface area contributed by atoms with E-state index in [1.165, 1.54) is 12.8 Å². The van der Waals surface area contributed by atoms with Gasteiger partial charge in [-0.2, -0.15) is 11.8 Å². The Morgan fingerprint density at radius 3 is 2.65 bits per heavy atom. The first-order chi connectivity index (χ1) is 12.7. The minimum atomic E-state index is 0.232. The molecule has 0 aromatic carbocycles. The maximum Gasteiger partial charge on any atom is 0.225 e. The van der Waals surface area contributed by atoms with E-state index in [2.05, 4.69) is 26.8 Å². The molecule has 0 bridgehead atoms. The van der Waals surface area contributed by atoms with Gasteiger partial charge in [0.05, 0.1) is 0 Å². The molecule has 0 radical (unpaired) electrons. The minimum absolute atomic E-state index is 0.232. The molecule has 2 saturated heterocycles. The number of carbonyl (C=O) groups is 1. The lowest BCUT2D eigenvalue weighted by atomic mass is 9.99. The van der Waals surface area contributed by atoms with E-state index in [0.717, 1.165) is 70.9 Å². The molecule has 148 valence electrons. The van der Waals surface area contributed by atoms with Gasteiger partial charge in [-0.3, -0.25) is 9.79 Å². The first-order valence-corrected chi connectivity index (χ1v) is 11.3. The topological polar surface area (TPSA) is 66.0 Å².